The van der Waals surface area contributed by atoms with E-state index in [4.69, 9.17) is 14.2 Å². The van der Waals surface area contributed by atoms with Crippen molar-refractivity contribution in [3.63, 3.8) is 0 Å². The number of rotatable bonds is 50. The summed E-state index contributed by atoms with van der Waals surface area (Å²) in [6.07, 6.45) is 68.8. The van der Waals surface area contributed by atoms with Crippen LogP contribution in [-0.2, 0) is 28.6 Å². The fourth-order valence-electron chi connectivity index (χ4n) is 7.65. The van der Waals surface area contributed by atoms with Crippen molar-refractivity contribution < 1.29 is 28.6 Å². The zero-order valence-corrected chi connectivity index (χ0v) is 43.4. The summed E-state index contributed by atoms with van der Waals surface area (Å²) >= 11 is 0. The lowest BCUT2D eigenvalue weighted by Crippen LogP contribution is -2.30. The summed E-state index contributed by atoms with van der Waals surface area (Å²) in [4.78, 5) is 38.1. The van der Waals surface area contributed by atoms with Crippen LogP contribution in [0.15, 0.2) is 72.9 Å². The first-order valence-electron chi connectivity index (χ1n) is 27.9. The van der Waals surface area contributed by atoms with Gasteiger partial charge in [-0.1, -0.05) is 209 Å². The molecule has 0 aliphatic carbocycles. The first-order chi connectivity index (χ1) is 32.5. The minimum absolute atomic E-state index is 0.0909. The van der Waals surface area contributed by atoms with Crippen molar-refractivity contribution in [3.05, 3.63) is 72.9 Å². The van der Waals surface area contributed by atoms with Crippen molar-refractivity contribution in [3.8, 4) is 0 Å². The van der Waals surface area contributed by atoms with Crippen LogP contribution in [0.5, 0.6) is 0 Å². The molecule has 0 aromatic rings. The van der Waals surface area contributed by atoms with Gasteiger partial charge in [-0.25, -0.2) is 0 Å². The van der Waals surface area contributed by atoms with Gasteiger partial charge in [0.05, 0.1) is 0 Å². The molecule has 0 amide bonds. The maximum Gasteiger partial charge on any atom is 0.306 e. The SMILES string of the molecule is CCCCC/C=C\C/C=C\C/C=C\CCCCCCCC(=O)OCC(COC(=O)CCCCCCC/C=C\CCCCCCCC)OC(=O)CCCCCCC/C=C\C/C=C\CCCCC. The van der Waals surface area contributed by atoms with Crippen molar-refractivity contribution in [1.82, 2.24) is 0 Å². The van der Waals surface area contributed by atoms with Gasteiger partial charge >= 0.3 is 17.9 Å². The number of ether oxygens (including phenoxy) is 3. The number of allylic oxidation sites excluding steroid dienone is 12. The van der Waals surface area contributed by atoms with Gasteiger partial charge in [-0.2, -0.15) is 0 Å². The average Bonchev–Trinajstić information content (AvgIpc) is 3.31. The molecule has 0 spiro atoms. The van der Waals surface area contributed by atoms with E-state index in [1.54, 1.807) is 0 Å². The van der Waals surface area contributed by atoms with Crippen LogP contribution in [0.1, 0.15) is 271 Å². The maximum atomic E-state index is 12.8. The average molecular weight is 921 g/mol. The predicted molar refractivity (Wildman–Crippen MR) is 284 cm³/mol. The highest BCUT2D eigenvalue weighted by atomic mass is 16.6. The van der Waals surface area contributed by atoms with E-state index in [2.05, 4.69) is 93.7 Å². The Bertz CT molecular complexity index is 1240. The minimum atomic E-state index is -0.793. The summed E-state index contributed by atoms with van der Waals surface area (Å²) in [5.41, 5.74) is 0. The number of unbranched alkanes of at least 4 members (excludes halogenated alkanes) is 27. The highest BCUT2D eigenvalue weighted by Crippen LogP contribution is 2.14. The zero-order chi connectivity index (χ0) is 47.9. The lowest BCUT2D eigenvalue weighted by Gasteiger charge is -2.18. The molecule has 0 saturated heterocycles. The normalized spacial score (nSPS) is 12.6. The Labute approximate surface area is 408 Å². The quantitative estimate of drug-likeness (QED) is 0.0262. The second-order valence-corrected chi connectivity index (χ2v) is 18.5. The molecule has 1 atom stereocenters. The van der Waals surface area contributed by atoms with E-state index in [9.17, 15) is 14.4 Å². The van der Waals surface area contributed by atoms with Crippen LogP contribution in [0.4, 0.5) is 0 Å². The number of carbonyl (C=O) groups excluding carboxylic acids is 3. The van der Waals surface area contributed by atoms with Gasteiger partial charge in [0.15, 0.2) is 6.10 Å². The molecule has 6 heteroatoms. The van der Waals surface area contributed by atoms with E-state index in [-0.39, 0.29) is 31.1 Å². The standard InChI is InChI=1S/C60H104O6/c1-4-7-10-13-16-19-22-25-28-29-30-33-35-38-41-44-47-50-53-59(62)65-56-57(66-60(63)54-51-48-45-42-39-36-32-27-24-21-18-15-12-9-6-3)55-64-58(61)52-49-46-43-40-37-34-31-26-23-20-17-14-11-8-5-2/h16,18-19,21,25-28,30-33,57H,4-15,17,20,22-24,29,34-56H2,1-3H3/b19-16-,21-18-,28-25-,31-26-,32-27-,33-30-. The van der Waals surface area contributed by atoms with Gasteiger partial charge in [-0.3, -0.25) is 14.4 Å². The molecule has 0 heterocycles. The maximum absolute atomic E-state index is 12.8. The van der Waals surface area contributed by atoms with Crippen LogP contribution in [0.2, 0.25) is 0 Å². The zero-order valence-electron chi connectivity index (χ0n) is 43.4. The highest BCUT2D eigenvalue weighted by Gasteiger charge is 2.19. The van der Waals surface area contributed by atoms with Crippen molar-refractivity contribution in [2.24, 2.45) is 0 Å². The molecule has 380 valence electrons. The number of hydrogen-bond acceptors (Lipinski definition) is 6. The van der Waals surface area contributed by atoms with Gasteiger partial charge < -0.3 is 14.2 Å². The first-order valence-corrected chi connectivity index (χ1v) is 27.9. The Hall–Kier alpha value is -3.15. The lowest BCUT2D eigenvalue weighted by atomic mass is 10.1. The first kappa shape index (κ1) is 62.8. The van der Waals surface area contributed by atoms with Gasteiger partial charge in [0.2, 0.25) is 0 Å². The van der Waals surface area contributed by atoms with Crippen molar-refractivity contribution in [1.29, 1.82) is 0 Å². The number of esters is 3. The molecule has 0 radical (unpaired) electrons. The molecule has 0 N–H and O–H groups in total. The summed E-state index contributed by atoms with van der Waals surface area (Å²) in [7, 11) is 0. The van der Waals surface area contributed by atoms with E-state index in [1.807, 2.05) is 0 Å². The summed E-state index contributed by atoms with van der Waals surface area (Å²) in [5.74, 6) is -0.924. The molecule has 0 fully saturated rings. The molecule has 0 aromatic heterocycles. The lowest BCUT2D eigenvalue weighted by molar-refractivity contribution is -0.167. The summed E-state index contributed by atoms with van der Waals surface area (Å²) in [6, 6.07) is 0. The van der Waals surface area contributed by atoms with Gasteiger partial charge in [0, 0.05) is 19.3 Å². The monoisotopic (exact) mass is 921 g/mol. The van der Waals surface area contributed by atoms with Gasteiger partial charge in [-0.05, 0) is 116 Å². The van der Waals surface area contributed by atoms with Crippen molar-refractivity contribution >= 4 is 17.9 Å². The van der Waals surface area contributed by atoms with Crippen molar-refractivity contribution in [2.75, 3.05) is 13.2 Å². The molecule has 0 rings (SSSR count). The fourth-order valence-corrected chi connectivity index (χ4v) is 7.65. The van der Waals surface area contributed by atoms with E-state index in [1.165, 1.54) is 109 Å². The molecular weight excluding hydrogens is 817 g/mol. The molecule has 0 aliphatic heterocycles. The highest BCUT2D eigenvalue weighted by molar-refractivity contribution is 5.71. The second kappa shape index (κ2) is 54.5. The fraction of sp³-hybridized carbons (Fsp3) is 0.750. The van der Waals surface area contributed by atoms with E-state index >= 15 is 0 Å². The van der Waals surface area contributed by atoms with Crippen LogP contribution in [0.3, 0.4) is 0 Å². The smallest absolute Gasteiger partial charge is 0.306 e. The molecule has 66 heavy (non-hydrogen) atoms. The van der Waals surface area contributed by atoms with Crippen LogP contribution < -0.4 is 0 Å². The third-order valence-corrected chi connectivity index (χ3v) is 11.9. The topological polar surface area (TPSA) is 78.9 Å². The van der Waals surface area contributed by atoms with E-state index < -0.39 is 6.10 Å². The largest absolute Gasteiger partial charge is 0.462 e. The van der Waals surface area contributed by atoms with Gasteiger partial charge in [0.25, 0.3) is 0 Å². The van der Waals surface area contributed by atoms with Gasteiger partial charge in [0.1, 0.15) is 13.2 Å². The van der Waals surface area contributed by atoms with Crippen LogP contribution in [0.25, 0.3) is 0 Å². The third-order valence-electron chi connectivity index (χ3n) is 11.9. The molecule has 0 saturated carbocycles. The summed E-state index contributed by atoms with van der Waals surface area (Å²) < 4.78 is 16.8. The molecule has 6 nitrogen and oxygen atoms in total. The molecular formula is C60H104O6. The van der Waals surface area contributed by atoms with Crippen LogP contribution in [-0.4, -0.2) is 37.2 Å². The minimum Gasteiger partial charge on any atom is -0.462 e. The Balaban J connectivity index is 4.44. The van der Waals surface area contributed by atoms with Crippen LogP contribution >= 0.6 is 0 Å². The molecule has 0 aliphatic rings. The molecule has 0 bridgehead atoms. The Kier molecular flexibility index (Phi) is 51.9. The molecule has 0 aromatic carbocycles. The Morgan fingerprint density at radius 2 is 0.545 bits per heavy atom. The Morgan fingerprint density at radius 3 is 0.894 bits per heavy atom. The number of carbonyl (C=O) groups is 3. The predicted octanol–water partition coefficient (Wildman–Crippen LogP) is 18.6. The van der Waals surface area contributed by atoms with Gasteiger partial charge in [-0.15, -0.1) is 0 Å². The third kappa shape index (κ3) is 51.8. The Morgan fingerprint density at radius 1 is 0.303 bits per heavy atom. The summed E-state index contributed by atoms with van der Waals surface area (Å²) in [5, 5.41) is 0. The van der Waals surface area contributed by atoms with Crippen LogP contribution in [0, 0.1) is 0 Å². The second-order valence-electron chi connectivity index (χ2n) is 18.5. The summed E-state index contributed by atoms with van der Waals surface area (Å²) in [6.45, 7) is 6.56. The van der Waals surface area contributed by atoms with Crippen molar-refractivity contribution in [2.45, 2.75) is 277 Å². The number of hydrogen-bond donors (Lipinski definition) is 0. The van der Waals surface area contributed by atoms with E-state index in [0.717, 1.165) is 122 Å². The van der Waals surface area contributed by atoms with E-state index in [0.29, 0.717) is 19.3 Å². The molecule has 1 unspecified atom stereocenters.